The van der Waals surface area contributed by atoms with Crippen molar-refractivity contribution in [3.63, 3.8) is 0 Å². The van der Waals surface area contributed by atoms with Crippen LogP contribution in [0.1, 0.15) is 43.9 Å². The number of aryl methyl sites for hydroxylation is 1. The SMILES string of the molecule is CCCNC1c2ccc(OC)cc2CCC1OCC. The molecule has 0 saturated carbocycles. The summed E-state index contributed by atoms with van der Waals surface area (Å²) in [6.45, 7) is 6.07. The minimum Gasteiger partial charge on any atom is -0.497 e. The molecular weight excluding hydrogens is 238 g/mol. The zero-order valence-corrected chi connectivity index (χ0v) is 12.2. The molecule has 2 unspecified atom stereocenters. The number of fused-ring (bicyclic) bond motifs is 1. The van der Waals surface area contributed by atoms with Crippen LogP contribution in [0.5, 0.6) is 5.75 Å². The van der Waals surface area contributed by atoms with Gasteiger partial charge in [-0.1, -0.05) is 13.0 Å². The molecule has 0 bridgehead atoms. The Hall–Kier alpha value is -1.06. The summed E-state index contributed by atoms with van der Waals surface area (Å²) >= 11 is 0. The van der Waals surface area contributed by atoms with Crippen LogP contribution in [0.25, 0.3) is 0 Å². The summed E-state index contributed by atoms with van der Waals surface area (Å²) in [6, 6.07) is 6.72. The van der Waals surface area contributed by atoms with Crippen molar-refractivity contribution in [3.8, 4) is 5.75 Å². The number of hydrogen-bond acceptors (Lipinski definition) is 3. The molecule has 0 saturated heterocycles. The third kappa shape index (κ3) is 3.28. The van der Waals surface area contributed by atoms with Crippen LogP contribution in [0.2, 0.25) is 0 Å². The molecule has 19 heavy (non-hydrogen) atoms. The first-order valence-corrected chi connectivity index (χ1v) is 7.32. The third-order valence-electron chi connectivity index (χ3n) is 3.75. The van der Waals surface area contributed by atoms with Crippen molar-refractivity contribution in [2.45, 2.75) is 45.3 Å². The molecule has 3 nitrogen and oxygen atoms in total. The van der Waals surface area contributed by atoms with Gasteiger partial charge in [0.05, 0.1) is 19.3 Å². The molecule has 1 N–H and O–H groups in total. The van der Waals surface area contributed by atoms with Crippen LogP contribution < -0.4 is 10.1 Å². The normalized spacial score (nSPS) is 22.1. The Balaban J connectivity index is 2.24. The highest BCUT2D eigenvalue weighted by molar-refractivity contribution is 5.40. The van der Waals surface area contributed by atoms with Gasteiger partial charge >= 0.3 is 0 Å². The van der Waals surface area contributed by atoms with Crippen molar-refractivity contribution in [2.75, 3.05) is 20.3 Å². The average molecular weight is 263 g/mol. The van der Waals surface area contributed by atoms with Crippen molar-refractivity contribution in [1.29, 1.82) is 0 Å². The minimum atomic E-state index is 0.289. The van der Waals surface area contributed by atoms with Gasteiger partial charge in [0.25, 0.3) is 0 Å². The second-order valence-corrected chi connectivity index (χ2v) is 5.03. The molecule has 1 aliphatic rings. The second kappa shape index (κ2) is 6.92. The van der Waals surface area contributed by atoms with Gasteiger partial charge in [0.1, 0.15) is 5.75 Å². The molecule has 2 atom stereocenters. The van der Waals surface area contributed by atoms with Crippen LogP contribution in [0.4, 0.5) is 0 Å². The second-order valence-electron chi connectivity index (χ2n) is 5.03. The van der Waals surface area contributed by atoms with E-state index in [4.69, 9.17) is 9.47 Å². The van der Waals surface area contributed by atoms with Crippen LogP contribution >= 0.6 is 0 Å². The maximum atomic E-state index is 5.91. The van der Waals surface area contributed by atoms with Gasteiger partial charge in [-0.05, 0) is 56.0 Å². The van der Waals surface area contributed by atoms with E-state index in [1.54, 1.807) is 7.11 Å². The quantitative estimate of drug-likeness (QED) is 0.855. The molecule has 3 heteroatoms. The lowest BCUT2D eigenvalue weighted by molar-refractivity contribution is 0.0234. The summed E-state index contributed by atoms with van der Waals surface area (Å²) in [5.41, 5.74) is 2.77. The van der Waals surface area contributed by atoms with Crippen molar-refractivity contribution in [1.82, 2.24) is 5.32 Å². The molecule has 1 aliphatic carbocycles. The first-order valence-electron chi connectivity index (χ1n) is 7.32. The molecule has 0 fully saturated rings. The zero-order valence-electron chi connectivity index (χ0n) is 12.2. The predicted molar refractivity (Wildman–Crippen MR) is 77.8 cm³/mol. The van der Waals surface area contributed by atoms with Gasteiger partial charge in [-0.15, -0.1) is 0 Å². The van der Waals surface area contributed by atoms with E-state index in [0.717, 1.165) is 38.2 Å². The van der Waals surface area contributed by atoms with Crippen molar-refractivity contribution in [3.05, 3.63) is 29.3 Å². The van der Waals surface area contributed by atoms with Gasteiger partial charge in [0.2, 0.25) is 0 Å². The summed E-state index contributed by atoms with van der Waals surface area (Å²) < 4.78 is 11.2. The maximum absolute atomic E-state index is 5.91. The van der Waals surface area contributed by atoms with Gasteiger partial charge in [-0.3, -0.25) is 0 Å². The standard InChI is InChI=1S/C16H25NO2/c1-4-10-17-16-14-8-7-13(18-3)11-12(14)6-9-15(16)19-5-2/h7-8,11,15-17H,4-6,9-10H2,1-3H3. The van der Waals surface area contributed by atoms with E-state index in [1.165, 1.54) is 11.1 Å². The summed E-state index contributed by atoms with van der Waals surface area (Å²) in [6.07, 6.45) is 3.58. The van der Waals surface area contributed by atoms with Gasteiger partial charge in [0, 0.05) is 6.61 Å². The Bertz CT molecular complexity index is 406. The summed E-state index contributed by atoms with van der Waals surface area (Å²) in [5, 5.41) is 3.63. The highest BCUT2D eigenvalue weighted by Crippen LogP contribution is 2.34. The number of ether oxygens (including phenoxy) is 2. The average Bonchev–Trinajstić information content (AvgIpc) is 2.45. The lowest BCUT2D eigenvalue weighted by atomic mass is 9.85. The molecule has 0 aromatic heterocycles. The highest BCUT2D eigenvalue weighted by Gasteiger charge is 2.29. The van der Waals surface area contributed by atoms with Crippen LogP contribution in [-0.4, -0.2) is 26.4 Å². The largest absolute Gasteiger partial charge is 0.497 e. The van der Waals surface area contributed by atoms with Gasteiger partial charge in [-0.25, -0.2) is 0 Å². The molecule has 1 aromatic rings. The van der Waals surface area contributed by atoms with E-state index in [2.05, 4.69) is 31.3 Å². The maximum Gasteiger partial charge on any atom is 0.119 e. The van der Waals surface area contributed by atoms with Gasteiger partial charge in [-0.2, -0.15) is 0 Å². The number of benzene rings is 1. The van der Waals surface area contributed by atoms with Crippen LogP contribution in [0, 0.1) is 0 Å². The highest BCUT2D eigenvalue weighted by atomic mass is 16.5. The smallest absolute Gasteiger partial charge is 0.119 e. The van der Waals surface area contributed by atoms with Crippen LogP contribution in [0.3, 0.4) is 0 Å². The molecule has 0 amide bonds. The zero-order chi connectivity index (χ0) is 13.7. The van der Waals surface area contributed by atoms with E-state index in [9.17, 15) is 0 Å². The molecule has 0 heterocycles. The molecule has 0 radical (unpaired) electrons. The molecule has 0 aliphatic heterocycles. The van der Waals surface area contributed by atoms with Crippen molar-refractivity contribution >= 4 is 0 Å². The Morgan fingerprint density at radius 3 is 2.84 bits per heavy atom. The molecule has 2 rings (SSSR count). The third-order valence-corrected chi connectivity index (χ3v) is 3.75. The fourth-order valence-corrected chi connectivity index (χ4v) is 2.83. The topological polar surface area (TPSA) is 30.5 Å². The molecular formula is C16H25NO2. The van der Waals surface area contributed by atoms with E-state index in [0.29, 0.717) is 6.04 Å². The molecule has 1 aromatic carbocycles. The molecule has 0 spiro atoms. The number of rotatable bonds is 6. The van der Waals surface area contributed by atoms with E-state index < -0.39 is 0 Å². The van der Waals surface area contributed by atoms with Crippen molar-refractivity contribution in [2.24, 2.45) is 0 Å². The Labute approximate surface area is 116 Å². The summed E-state index contributed by atoms with van der Waals surface area (Å²) in [7, 11) is 1.72. The van der Waals surface area contributed by atoms with Crippen LogP contribution in [-0.2, 0) is 11.2 Å². The lowest BCUT2D eigenvalue weighted by Crippen LogP contribution is -2.38. The van der Waals surface area contributed by atoms with Gasteiger partial charge in [0.15, 0.2) is 0 Å². The van der Waals surface area contributed by atoms with E-state index in [1.807, 2.05) is 6.07 Å². The number of hydrogen-bond donors (Lipinski definition) is 1. The fourth-order valence-electron chi connectivity index (χ4n) is 2.83. The Morgan fingerprint density at radius 1 is 1.32 bits per heavy atom. The fraction of sp³-hybridized carbons (Fsp3) is 0.625. The lowest BCUT2D eigenvalue weighted by Gasteiger charge is -2.34. The predicted octanol–water partition coefficient (Wildman–Crippen LogP) is 3.09. The summed E-state index contributed by atoms with van der Waals surface area (Å²) in [5.74, 6) is 0.947. The first kappa shape index (κ1) is 14.4. The monoisotopic (exact) mass is 263 g/mol. The van der Waals surface area contributed by atoms with E-state index in [-0.39, 0.29) is 6.10 Å². The summed E-state index contributed by atoms with van der Waals surface area (Å²) in [4.78, 5) is 0. The van der Waals surface area contributed by atoms with Crippen molar-refractivity contribution < 1.29 is 9.47 Å². The van der Waals surface area contributed by atoms with Crippen LogP contribution in [0.15, 0.2) is 18.2 Å². The number of methoxy groups -OCH3 is 1. The Kier molecular flexibility index (Phi) is 5.23. The Morgan fingerprint density at radius 2 is 2.16 bits per heavy atom. The van der Waals surface area contributed by atoms with Gasteiger partial charge < -0.3 is 14.8 Å². The first-order chi connectivity index (χ1) is 9.30. The minimum absolute atomic E-state index is 0.289. The number of nitrogens with one attached hydrogen (secondary N) is 1. The molecule has 106 valence electrons. The van der Waals surface area contributed by atoms with E-state index >= 15 is 0 Å².